The Labute approximate surface area is 186 Å². The van der Waals surface area contributed by atoms with E-state index in [9.17, 15) is 9.59 Å². The van der Waals surface area contributed by atoms with E-state index in [0.29, 0.717) is 17.0 Å². The molecule has 32 heavy (non-hydrogen) atoms. The van der Waals surface area contributed by atoms with Gasteiger partial charge in [-0.15, -0.1) is 0 Å². The second-order valence-corrected chi connectivity index (χ2v) is 8.85. The summed E-state index contributed by atoms with van der Waals surface area (Å²) >= 11 is 0. The largest absolute Gasteiger partial charge is 0.490 e. The summed E-state index contributed by atoms with van der Waals surface area (Å²) in [5.41, 5.74) is 3.68. The van der Waals surface area contributed by atoms with E-state index in [1.807, 2.05) is 36.4 Å². The average molecular weight is 433 g/mol. The van der Waals surface area contributed by atoms with Gasteiger partial charge in [0.1, 0.15) is 11.4 Å². The first-order chi connectivity index (χ1) is 15.6. The van der Waals surface area contributed by atoms with Gasteiger partial charge in [-0.1, -0.05) is 18.6 Å². The first kappa shape index (κ1) is 20.5. The van der Waals surface area contributed by atoms with Crippen molar-refractivity contribution >= 4 is 28.4 Å². The van der Waals surface area contributed by atoms with Crippen molar-refractivity contribution in [2.75, 3.05) is 5.32 Å². The van der Waals surface area contributed by atoms with Crippen LogP contribution in [0.3, 0.4) is 0 Å². The van der Waals surface area contributed by atoms with Crippen molar-refractivity contribution in [2.45, 2.75) is 64.0 Å². The van der Waals surface area contributed by atoms with Gasteiger partial charge in [0.25, 0.3) is 5.91 Å². The number of nitrogens with zero attached hydrogens (tertiary/aromatic N) is 1. The summed E-state index contributed by atoms with van der Waals surface area (Å²) in [6, 6.07) is 11.6. The standard InChI is InChI=1S/C25H28N4O3/c1-15(30)26-18-7-5-6-16(12-18)24-20-14-23(32-19-8-3-2-4-9-19)21(13-22(20)28-29-24)25(31)27-17-10-11-17/h5-7,12-14,17,19H,2-4,8-11H2,1H3,(H,26,30)(H,27,31)(H,28,29). The summed E-state index contributed by atoms with van der Waals surface area (Å²) < 4.78 is 6.39. The van der Waals surface area contributed by atoms with Crippen molar-refractivity contribution in [3.8, 4) is 17.0 Å². The molecule has 2 aliphatic rings. The van der Waals surface area contributed by atoms with Crippen LogP contribution in [0.2, 0.25) is 0 Å². The number of carbonyl (C=O) groups is 2. The number of H-pyrrole nitrogens is 1. The van der Waals surface area contributed by atoms with Crippen LogP contribution in [0.15, 0.2) is 36.4 Å². The molecule has 3 N–H and O–H groups in total. The van der Waals surface area contributed by atoms with Crippen LogP contribution in [-0.4, -0.2) is 34.2 Å². The predicted molar refractivity (Wildman–Crippen MR) is 124 cm³/mol. The highest BCUT2D eigenvalue weighted by atomic mass is 16.5. The molecular formula is C25H28N4O3. The molecule has 166 valence electrons. The van der Waals surface area contributed by atoms with E-state index in [4.69, 9.17) is 4.74 Å². The number of fused-ring (bicyclic) bond motifs is 1. The maximum absolute atomic E-state index is 13.0. The maximum atomic E-state index is 13.0. The minimum Gasteiger partial charge on any atom is -0.490 e. The minimum absolute atomic E-state index is 0.0935. The van der Waals surface area contributed by atoms with Crippen molar-refractivity contribution in [1.82, 2.24) is 15.5 Å². The lowest BCUT2D eigenvalue weighted by Gasteiger charge is -2.24. The molecule has 2 fully saturated rings. The van der Waals surface area contributed by atoms with Gasteiger partial charge in [0.15, 0.2) is 0 Å². The topological polar surface area (TPSA) is 96.1 Å². The van der Waals surface area contributed by atoms with Crippen LogP contribution in [0.5, 0.6) is 5.75 Å². The Hall–Kier alpha value is -3.35. The number of hydrogen-bond acceptors (Lipinski definition) is 4. The van der Waals surface area contributed by atoms with Gasteiger partial charge in [0.2, 0.25) is 5.91 Å². The fraction of sp³-hybridized carbons (Fsp3) is 0.400. The Morgan fingerprint density at radius 2 is 1.88 bits per heavy atom. The van der Waals surface area contributed by atoms with Crippen molar-refractivity contribution < 1.29 is 14.3 Å². The van der Waals surface area contributed by atoms with Gasteiger partial charge in [-0.3, -0.25) is 14.7 Å². The average Bonchev–Trinajstić information content (AvgIpc) is 3.50. The lowest BCUT2D eigenvalue weighted by atomic mass is 9.97. The highest BCUT2D eigenvalue weighted by Crippen LogP contribution is 2.35. The van der Waals surface area contributed by atoms with E-state index in [1.165, 1.54) is 13.3 Å². The fourth-order valence-electron chi connectivity index (χ4n) is 4.34. The third kappa shape index (κ3) is 4.47. The van der Waals surface area contributed by atoms with E-state index in [1.54, 1.807) is 0 Å². The van der Waals surface area contributed by atoms with Crippen molar-refractivity contribution in [2.24, 2.45) is 0 Å². The first-order valence-electron chi connectivity index (χ1n) is 11.4. The third-order valence-electron chi connectivity index (χ3n) is 6.12. The molecule has 0 saturated heterocycles. The summed E-state index contributed by atoms with van der Waals surface area (Å²) in [6.07, 6.45) is 7.78. The van der Waals surface area contributed by atoms with E-state index >= 15 is 0 Å². The van der Waals surface area contributed by atoms with Crippen molar-refractivity contribution in [1.29, 1.82) is 0 Å². The van der Waals surface area contributed by atoms with E-state index < -0.39 is 0 Å². The third-order valence-corrected chi connectivity index (χ3v) is 6.12. The number of nitrogens with one attached hydrogen (secondary N) is 3. The zero-order valence-electron chi connectivity index (χ0n) is 18.2. The molecule has 0 unspecified atom stereocenters. The van der Waals surface area contributed by atoms with Crippen LogP contribution >= 0.6 is 0 Å². The van der Waals surface area contributed by atoms with E-state index in [0.717, 1.165) is 60.7 Å². The molecule has 1 heterocycles. The molecular weight excluding hydrogens is 404 g/mol. The second-order valence-electron chi connectivity index (χ2n) is 8.85. The van der Waals surface area contributed by atoms with Crippen molar-refractivity contribution in [3.63, 3.8) is 0 Å². The highest BCUT2D eigenvalue weighted by Gasteiger charge is 2.27. The lowest BCUT2D eigenvalue weighted by Crippen LogP contribution is -2.27. The van der Waals surface area contributed by atoms with Crippen LogP contribution < -0.4 is 15.4 Å². The number of amides is 2. The summed E-state index contributed by atoms with van der Waals surface area (Å²) in [6.45, 7) is 1.49. The Kier molecular flexibility index (Phi) is 5.55. The Bertz CT molecular complexity index is 1160. The Morgan fingerprint density at radius 3 is 2.62 bits per heavy atom. The van der Waals surface area contributed by atoms with Crippen molar-refractivity contribution in [3.05, 3.63) is 42.0 Å². The lowest BCUT2D eigenvalue weighted by molar-refractivity contribution is -0.114. The van der Waals surface area contributed by atoms with Gasteiger partial charge in [-0.25, -0.2) is 0 Å². The molecule has 0 atom stereocenters. The van der Waals surface area contributed by atoms with Crippen LogP contribution in [0.25, 0.3) is 22.2 Å². The maximum Gasteiger partial charge on any atom is 0.255 e. The number of benzene rings is 2. The normalized spacial score (nSPS) is 16.7. The fourth-order valence-corrected chi connectivity index (χ4v) is 4.34. The molecule has 2 aliphatic carbocycles. The van der Waals surface area contributed by atoms with Gasteiger partial charge in [-0.2, -0.15) is 5.10 Å². The van der Waals surface area contributed by atoms with Gasteiger partial charge in [0.05, 0.1) is 17.2 Å². The molecule has 0 bridgehead atoms. The van der Waals surface area contributed by atoms with Gasteiger partial charge in [0, 0.05) is 29.6 Å². The van der Waals surface area contributed by atoms with Crippen LogP contribution in [0.4, 0.5) is 5.69 Å². The molecule has 0 spiro atoms. The first-order valence-corrected chi connectivity index (χ1v) is 11.4. The summed E-state index contributed by atoms with van der Waals surface area (Å²) in [5.74, 6) is 0.399. The Balaban J connectivity index is 1.54. The molecule has 2 aromatic carbocycles. The number of ether oxygens (including phenoxy) is 1. The van der Waals surface area contributed by atoms with Gasteiger partial charge < -0.3 is 15.4 Å². The number of rotatable bonds is 6. The molecule has 5 rings (SSSR count). The SMILES string of the molecule is CC(=O)Nc1cccc(-c2n[nH]c3cc(C(=O)NC4CC4)c(OC4CCCCC4)cc23)c1. The molecule has 1 aromatic heterocycles. The quantitative estimate of drug-likeness (QED) is 0.522. The van der Waals surface area contributed by atoms with Gasteiger partial charge >= 0.3 is 0 Å². The molecule has 0 aliphatic heterocycles. The highest BCUT2D eigenvalue weighted by molar-refractivity contribution is 6.04. The molecule has 3 aromatic rings. The monoisotopic (exact) mass is 432 g/mol. The van der Waals surface area contributed by atoms with Gasteiger partial charge in [-0.05, 0) is 62.8 Å². The summed E-state index contributed by atoms with van der Waals surface area (Å²) in [5, 5.41) is 14.4. The Morgan fingerprint density at radius 1 is 1.06 bits per heavy atom. The number of aromatic amines is 1. The molecule has 2 amide bonds. The smallest absolute Gasteiger partial charge is 0.255 e. The number of anilines is 1. The summed E-state index contributed by atoms with van der Waals surface area (Å²) in [4.78, 5) is 24.4. The van der Waals surface area contributed by atoms with E-state index in [2.05, 4.69) is 20.8 Å². The number of hydrogen-bond donors (Lipinski definition) is 3. The zero-order valence-corrected chi connectivity index (χ0v) is 18.2. The summed E-state index contributed by atoms with van der Waals surface area (Å²) in [7, 11) is 0. The predicted octanol–water partition coefficient (Wildman–Crippen LogP) is 4.79. The van der Waals surface area contributed by atoms with Crippen LogP contribution in [-0.2, 0) is 4.79 Å². The molecule has 7 heteroatoms. The second kappa shape index (κ2) is 8.65. The number of aromatic nitrogens is 2. The van der Waals surface area contributed by atoms with Crippen LogP contribution in [0.1, 0.15) is 62.2 Å². The molecule has 0 radical (unpaired) electrons. The molecule has 7 nitrogen and oxygen atoms in total. The van der Waals surface area contributed by atoms with Crippen LogP contribution in [0, 0.1) is 0 Å². The number of carbonyl (C=O) groups excluding carboxylic acids is 2. The van der Waals surface area contributed by atoms with E-state index in [-0.39, 0.29) is 24.0 Å². The zero-order chi connectivity index (χ0) is 22.1. The molecule has 2 saturated carbocycles. The minimum atomic E-state index is -0.122.